The maximum absolute atomic E-state index is 13.6. The molecule has 1 saturated carbocycles. The van der Waals surface area contributed by atoms with Crippen LogP contribution in [0.5, 0.6) is 0 Å². The van der Waals surface area contributed by atoms with Crippen LogP contribution >= 0.6 is 11.8 Å². The van der Waals surface area contributed by atoms with E-state index in [4.69, 9.17) is 0 Å². The Balaban J connectivity index is 1.76. The molecule has 1 aliphatic carbocycles. The topological polar surface area (TPSA) is 75.3 Å². The van der Waals surface area contributed by atoms with Crippen LogP contribution in [0.1, 0.15) is 71.3 Å². The van der Waals surface area contributed by atoms with E-state index >= 15 is 0 Å². The van der Waals surface area contributed by atoms with Gasteiger partial charge in [-0.3, -0.25) is 14.4 Å². The van der Waals surface area contributed by atoms with Crippen LogP contribution in [-0.4, -0.2) is 23.0 Å². The predicted octanol–water partition coefficient (Wildman–Crippen LogP) is 6.38. The Morgan fingerprint density at radius 3 is 2.26 bits per heavy atom. The summed E-state index contributed by atoms with van der Waals surface area (Å²) >= 11 is 1.08. The van der Waals surface area contributed by atoms with E-state index < -0.39 is 6.04 Å². The summed E-state index contributed by atoms with van der Waals surface area (Å²) in [5.74, 6) is 0.379. The van der Waals surface area contributed by atoms with Crippen molar-refractivity contribution in [2.75, 3.05) is 5.32 Å². The third-order valence-corrected chi connectivity index (χ3v) is 7.84. The Bertz CT molecular complexity index is 1000. The number of hydrogen-bond acceptors (Lipinski definition) is 4. The number of benzene rings is 2. The van der Waals surface area contributed by atoms with Gasteiger partial charge in [0.15, 0.2) is 0 Å². The lowest BCUT2D eigenvalue weighted by molar-refractivity contribution is -0.128. The molecule has 0 bridgehead atoms. The molecule has 5 nitrogen and oxygen atoms in total. The van der Waals surface area contributed by atoms with E-state index in [1.54, 1.807) is 0 Å². The van der Waals surface area contributed by atoms with Crippen LogP contribution in [0.4, 0.5) is 5.69 Å². The van der Waals surface area contributed by atoms with Gasteiger partial charge in [-0.15, -0.1) is 0 Å². The second kappa shape index (κ2) is 12.9. The maximum atomic E-state index is 13.6. The highest BCUT2D eigenvalue weighted by Gasteiger charge is 2.39. The first kappa shape index (κ1) is 27.0. The summed E-state index contributed by atoms with van der Waals surface area (Å²) in [5, 5.41) is 5.82. The second-order valence-electron chi connectivity index (χ2n) is 10.1. The van der Waals surface area contributed by atoms with Gasteiger partial charge in [0, 0.05) is 23.7 Å². The molecule has 0 radical (unpaired) electrons. The van der Waals surface area contributed by atoms with Crippen LogP contribution < -0.4 is 10.6 Å². The largest absolute Gasteiger partial charge is 0.345 e. The average Bonchev–Trinajstić information content (AvgIpc) is 2.84. The quantitative estimate of drug-likeness (QED) is 0.376. The molecule has 1 aliphatic rings. The summed E-state index contributed by atoms with van der Waals surface area (Å²) in [6.07, 6.45) is 7.52. The number of amides is 2. The van der Waals surface area contributed by atoms with Gasteiger partial charge in [-0.25, -0.2) is 0 Å². The molecule has 0 unspecified atom stereocenters. The van der Waals surface area contributed by atoms with Crippen molar-refractivity contribution in [3.8, 4) is 0 Å². The van der Waals surface area contributed by atoms with Gasteiger partial charge in [0.2, 0.25) is 16.9 Å². The monoisotopic (exact) mass is 494 g/mol. The molecule has 35 heavy (non-hydrogen) atoms. The lowest BCUT2D eigenvalue weighted by atomic mass is 9.69. The summed E-state index contributed by atoms with van der Waals surface area (Å²) < 4.78 is 0. The number of hydrogen-bond donors (Lipinski definition) is 2. The highest BCUT2D eigenvalue weighted by Crippen LogP contribution is 2.42. The Kier molecular flexibility index (Phi) is 9.96. The van der Waals surface area contributed by atoms with Gasteiger partial charge >= 0.3 is 0 Å². The van der Waals surface area contributed by atoms with Gasteiger partial charge in [-0.1, -0.05) is 75.6 Å². The van der Waals surface area contributed by atoms with Crippen molar-refractivity contribution < 1.29 is 14.4 Å². The fourth-order valence-corrected chi connectivity index (χ4v) is 5.64. The standard InChI is InChI=1S/C29H38N2O3S/c1-21(2)16-19-29(17-10-5-11-18-29)28(34)31-24-14-8-9-15-26(24)35-27(33)25(30-22(3)32)20-23-12-6-4-7-13-23/h4,6-9,12-15,21,25H,5,10-11,16-20H2,1-3H3,(H,30,32)(H,31,34)/t25-/m0/s1. The van der Waals surface area contributed by atoms with Crippen LogP contribution in [0.25, 0.3) is 0 Å². The molecule has 188 valence electrons. The first-order chi connectivity index (χ1) is 16.8. The molecular weight excluding hydrogens is 456 g/mol. The van der Waals surface area contributed by atoms with E-state index in [1.165, 1.54) is 13.3 Å². The highest BCUT2D eigenvalue weighted by molar-refractivity contribution is 8.14. The third-order valence-electron chi connectivity index (χ3n) is 6.78. The second-order valence-corrected chi connectivity index (χ2v) is 11.1. The number of thioether (sulfide) groups is 1. The zero-order valence-corrected chi connectivity index (χ0v) is 22.0. The molecule has 2 aromatic rings. The number of nitrogens with one attached hydrogen (secondary N) is 2. The SMILES string of the molecule is CC(=O)N[C@@H](Cc1ccccc1)C(=O)Sc1ccccc1NC(=O)C1(CCC(C)C)CCCCC1. The van der Waals surface area contributed by atoms with Crippen LogP contribution in [0.2, 0.25) is 0 Å². The maximum Gasteiger partial charge on any atom is 0.230 e. The summed E-state index contributed by atoms with van der Waals surface area (Å²) in [5.41, 5.74) is 1.30. The smallest absolute Gasteiger partial charge is 0.230 e. The Morgan fingerprint density at radius 2 is 1.60 bits per heavy atom. The number of rotatable bonds is 10. The van der Waals surface area contributed by atoms with Gasteiger partial charge in [-0.05, 0) is 61.1 Å². The molecule has 0 saturated heterocycles. The van der Waals surface area contributed by atoms with E-state index in [-0.39, 0.29) is 22.3 Å². The summed E-state index contributed by atoms with van der Waals surface area (Å²) in [6.45, 7) is 5.82. The summed E-state index contributed by atoms with van der Waals surface area (Å²) in [6, 6.07) is 16.5. The van der Waals surface area contributed by atoms with Crippen molar-refractivity contribution in [2.24, 2.45) is 11.3 Å². The zero-order chi connectivity index (χ0) is 25.3. The van der Waals surface area contributed by atoms with Crippen molar-refractivity contribution in [1.29, 1.82) is 0 Å². The minimum atomic E-state index is -0.653. The van der Waals surface area contributed by atoms with E-state index in [0.717, 1.165) is 55.9 Å². The van der Waals surface area contributed by atoms with E-state index in [1.807, 2.05) is 54.6 Å². The number of anilines is 1. The van der Waals surface area contributed by atoms with Crippen LogP contribution in [0, 0.1) is 11.3 Å². The van der Waals surface area contributed by atoms with E-state index in [0.29, 0.717) is 22.9 Å². The highest BCUT2D eigenvalue weighted by atomic mass is 32.2. The molecule has 6 heteroatoms. The molecule has 1 fully saturated rings. The number of carbonyl (C=O) groups excluding carboxylic acids is 3. The molecule has 0 heterocycles. The average molecular weight is 495 g/mol. The van der Waals surface area contributed by atoms with Crippen molar-refractivity contribution in [1.82, 2.24) is 5.32 Å². The minimum absolute atomic E-state index is 0.0704. The van der Waals surface area contributed by atoms with Crippen molar-refractivity contribution in [3.63, 3.8) is 0 Å². The summed E-state index contributed by atoms with van der Waals surface area (Å²) in [4.78, 5) is 39.4. The molecule has 1 atom stereocenters. The lowest BCUT2D eigenvalue weighted by Crippen LogP contribution is -2.40. The van der Waals surface area contributed by atoms with Gasteiger partial charge in [0.1, 0.15) is 6.04 Å². The normalized spacial score (nSPS) is 15.9. The molecule has 0 aromatic heterocycles. The molecule has 3 rings (SSSR count). The van der Waals surface area contributed by atoms with Gasteiger partial charge < -0.3 is 10.6 Å². The molecule has 0 aliphatic heterocycles. The zero-order valence-electron chi connectivity index (χ0n) is 21.1. The Labute approximate surface area is 213 Å². The third kappa shape index (κ3) is 7.96. The first-order valence-corrected chi connectivity index (χ1v) is 13.5. The molecule has 2 aromatic carbocycles. The van der Waals surface area contributed by atoms with E-state index in [9.17, 15) is 14.4 Å². The lowest BCUT2D eigenvalue weighted by Gasteiger charge is -2.36. The Morgan fingerprint density at radius 1 is 0.943 bits per heavy atom. The van der Waals surface area contributed by atoms with Gasteiger partial charge in [-0.2, -0.15) is 0 Å². The molecule has 2 amide bonds. The Hall–Kier alpha value is -2.60. The molecule has 0 spiro atoms. The fourth-order valence-electron chi connectivity index (χ4n) is 4.77. The van der Waals surface area contributed by atoms with Crippen molar-refractivity contribution in [3.05, 3.63) is 60.2 Å². The first-order valence-electron chi connectivity index (χ1n) is 12.7. The minimum Gasteiger partial charge on any atom is -0.345 e. The van der Waals surface area contributed by atoms with Crippen LogP contribution in [0.3, 0.4) is 0 Å². The van der Waals surface area contributed by atoms with Gasteiger partial charge in [0.25, 0.3) is 0 Å². The molecule has 2 N–H and O–H groups in total. The van der Waals surface area contributed by atoms with Crippen molar-refractivity contribution in [2.45, 2.75) is 83.1 Å². The number of para-hydroxylation sites is 1. The molecular formula is C29H38N2O3S. The fraction of sp³-hybridized carbons (Fsp3) is 0.483. The van der Waals surface area contributed by atoms with Gasteiger partial charge in [0.05, 0.1) is 5.69 Å². The van der Waals surface area contributed by atoms with Crippen LogP contribution in [-0.2, 0) is 20.8 Å². The number of carbonyl (C=O) groups is 3. The summed E-state index contributed by atoms with van der Waals surface area (Å²) in [7, 11) is 0. The van der Waals surface area contributed by atoms with E-state index in [2.05, 4.69) is 24.5 Å². The van der Waals surface area contributed by atoms with Crippen molar-refractivity contribution >= 4 is 34.4 Å². The predicted molar refractivity (Wildman–Crippen MR) is 143 cm³/mol. The van der Waals surface area contributed by atoms with Crippen LogP contribution in [0.15, 0.2) is 59.5 Å².